The van der Waals surface area contributed by atoms with Gasteiger partial charge in [-0.05, 0) is 35.9 Å². The third kappa shape index (κ3) is 6.17. The molecule has 4 nitrogen and oxygen atoms in total. The van der Waals surface area contributed by atoms with Crippen molar-refractivity contribution < 1.29 is 14.0 Å². The second-order valence-electron chi connectivity index (χ2n) is 4.64. The molecule has 0 saturated carbocycles. The number of carbonyl (C=O) groups excluding carboxylic acids is 2. The van der Waals surface area contributed by atoms with E-state index in [2.05, 4.69) is 26.8 Å². The maximum atomic E-state index is 13.4. The molecule has 0 saturated heterocycles. The largest absolute Gasteiger partial charge is 0.272 e. The third-order valence-corrected chi connectivity index (χ3v) is 4.39. The average molecular weight is 409 g/mol. The molecule has 0 radical (unpaired) electrons. The fraction of sp³-hybridized carbons (Fsp3) is 0.0588. The average Bonchev–Trinajstić information content (AvgIpc) is 2.58. The second kappa shape index (κ2) is 9.24. The lowest BCUT2D eigenvalue weighted by Crippen LogP contribution is -2.41. The highest BCUT2D eigenvalue weighted by Gasteiger charge is 2.06. The topological polar surface area (TPSA) is 58.2 Å². The summed E-state index contributed by atoms with van der Waals surface area (Å²) in [7, 11) is 0. The zero-order valence-corrected chi connectivity index (χ0v) is 14.9. The van der Waals surface area contributed by atoms with E-state index in [0.29, 0.717) is 4.90 Å². The van der Waals surface area contributed by atoms with E-state index in [1.807, 2.05) is 24.3 Å². The van der Waals surface area contributed by atoms with Crippen LogP contribution in [-0.2, 0) is 9.59 Å². The number of hydrogen-bond donors (Lipinski definition) is 2. The first-order chi connectivity index (χ1) is 11.5. The number of benzene rings is 2. The quantitative estimate of drug-likeness (QED) is 0.451. The first kappa shape index (κ1) is 18.2. The minimum Gasteiger partial charge on any atom is -0.272 e. The molecule has 7 heteroatoms. The predicted octanol–water partition coefficient (Wildman–Crippen LogP) is 3.54. The molecular weight excluding hydrogens is 395 g/mol. The molecule has 2 N–H and O–H groups in total. The summed E-state index contributed by atoms with van der Waals surface area (Å²) in [6.07, 6.45) is 2.94. The van der Waals surface area contributed by atoms with E-state index < -0.39 is 11.8 Å². The fourth-order valence-corrected chi connectivity index (χ4v) is 2.66. The van der Waals surface area contributed by atoms with Gasteiger partial charge in [-0.1, -0.05) is 40.2 Å². The molecule has 2 aromatic carbocycles. The van der Waals surface area contributed by atoms with Crippen molar-refractivity contribution in [1.82, 2.24) is 10.9 Å². The van der Waals surface area contributed by atoms with E-state index in [0.717, 1.165) is 21.8 Å². The molecule has 0 fully saturated rings. The number of nitrogens with one attached hydrogen (secondary N) is 2. The van der Waals surface area contributed by atoms with Crippen LogP contribution < -0.4 is 10.9 Å². The molecule has 0 aliphatic heterocycles. The summed E-state index contributed by atoms with van der Waals surface area (Å²) in [4.78, 5) is 23.7. The summed E-state index contributed by atoms with van der Waals surface area (Å²) in [6.45, 7) is 0. The molecule has 124 valence electrons. The normalized spacial score (nSPS) is 10.6. The van der Waals surface area contributed by atoms with Crippen molar-refractivity contribution in [3.05, 3.63) is 70.5 Å². The van der Waals surface area contributed by atoms with Crippen LogP contribution in [0.3, 0.4) is 0 Å². The Kier molecular flexibility index (Phi) is 7.02. The van der Waals surface area contributed by atoms with Crippen molar-refractivity contribution >= 4 is 45.6 Å². The van der Waals surface area contributed by atoms with Crippen molar-refractivity contribution in [3.8, 4) is 0 Å². The summed E-state index contributed by atoms with van der Waals surface area (Å²) >= 11 is 4.38. The first-order valence-electron chi connectivity index (χ1n) is 6.94. The molecule has 0 aromatic heterocycles. The third-order valence-electron chi connectivity index (χ3n) is 2.82. The van der Waals surface area contributed by atoms with Crippen LogP contribution in [0.5, 0.6) is 0 Å². The van der Waals surface area contributed by atoms with Gasteiger partial charge in [-0.2, -0.15) is 0 Å². The molecule has 2 amide bonds. The molecule has 0 aliphatic carbocycles. The van der Waals surface area contributed by atoms with E-state index in [4.69, 9.17) is 0 Å². The summed E-state index contributed by atoms with van der Waals surface area (Å²) in [5.74, 6) is -1.26. The van der Waals surface area contributed by atoms with Crippen molar-refractivity contribution in [1.29, 1.82) is 0 Å². The zero-order chi connectivity index (χ0) is 17.4. The SMILES string of the molecule is O=C(/C=C/c1ccc(Br)cc1)NNC(=O)CSc1ccccc1F. The Balaban J connectivity index is 1.74. The van der Waals surface area contributed by atoms with Crippen molar-refractivity contribution in [2.45, 2.75) is 4.90 Å². The van der Waals surface area contributed by atoms with Crippen LogP contribution in [0.4, 0.5) is 4.39 Å². The Labute approximate surface area is 151 Å². The van der Waals surface area contributed by atoms with E-state index >= 15 is 0 Å². The van der Waals surface area contributed by atoms with Gasteiger partial charge in [0.25, 0.3) is 5.91 Å². The summed E-state index contributed by atoms with van der Waals surface area (Å²) in [6, 6.07) is 13.6. The van der Waals surface area contributed by atoms with Gasteiger partial charge in [-0.3, -0.25) is 20.4 Å². The molecule has 24 heavy (non-hydrogen) atoms. The molecule has 0 atom stereocenters. The van der Waals surface area contributed by atoms with Gasteiger partial charge in [0, 0.05) is 15.4 Å². The number of thioether (sulfide) groups is 1. The van der Waals surface area contributed by atoms with Gasteiger partial charge in [-0.15, -0.1) is 11.8 Å². The summed E-state index contributed by atoms with van der Waals surface area (Å²) in [5, 5.41) is 0. The number of hydrogen-bond acceptors (Lipinski definition) is 3. The van der Waals surface area contributed by atoms with Crippen LogP contribution in [0.25, 0.3) is 6.08 Å². The highest BCUT2D eigenvalue weighted by molar-refractivity contribution is 9.10. The molecule has 0 bridgehead atoms. The van der Waals surface area contributed by atoms with Gasteiger partial charge < -0.3 is 0 Å². The van der Waals surface area contributed by atoms with E-state index in [-0.39, 0.29) is 11.6 Å². The van der Waals surface area contributed by atoms with E-state index in [1.165, 1.54) is 12.1 Å². The fourth-order valence-electron chi connectivity index (χ4n) is 1.66. The van der Waals surface area contributed by atoms with Crippen LogP contribution in [0.2, 0.25) is 0 Å². The highest BCUT2D eigenvalue weighted by Crippen LogP contribution is 2.20. The number of carbonyl (C=O) groups is 2. The monoisotopic (exact) mass is 408 g/mol. The smallest absolute Gasteiger partial charge is 0.262 e. The van der Waals surface area contributed by atoms with Crippen LogP contribution in [0.1, 0.15) is 5.56 Å². The Bertz CT molecular complexity index is 751. The van der Waals surface area contributed by atoms with E-state index in [1.54, 1.807) is 24.3 Å². The Morgan fingerprint density at radius 2 is 1.79 bits per heavy atom. The molecular formula is C17H14BrFN2O2S. The minimum absolute atomic E-state index is 0.00234. The standard InChI is InChI=1S/C17H14BrFN2O2S/c18-13-8-5-12(6-9-13)7-10-16(22)20-21-17(23)11-24-15-4-2-1-3-14(15)19/h1-10H,11H2,(H,20,22)(H,21,23)/b10-7+. The van der Waals surface area contributed by atoms with Crippen molar-refractivity contribution in [2.24, 2.45) is 0 Å². The van der Waals surface area contributed by atoms with Crippen molar-refractivity contribution in [3.63, 3.8) is 0 Å². The Hall–Kier alpha value is -2.12. The lowest BCUT2D eigenvalue weighted by Gasteiger charge is -2.05. The summed E-state index contributed by atoms with van der Waals surface area (Å²) < 4.78 is 14.4. The van der Waals surface area contributed by atoms with Gasteiger partial charge in [0.15, 0.2) is 0 Å². The van der Waals surface area contributed by atoms with Gasteiger partial charge in [-0.25, -0.2) is 4.39 Å². The maximum Gasteiger partial charge on any atom is 0.262 e. The summed E-state index contributed by atoms with van der Waals surface area (Å²) in [5.41, 5.74) is 5.41. The lowest BCUT2D eigenvalue weighted by atomic mass is 10.2. The van der Waals surface area contributed by atoms with Crippen LogP contribution in [-0.4, -0.2) is 17.6 Å². The highest BCUT2D eigenvalue weighted by atomic mass is 79.9. The molecule has 2 rings (SSSR count). The van der Waals surface area contributed by atoms with Crippen LogP contribution in [0.15, 0.2) is 64.0 Å². The van der Waals surface area contributed by atoms with Gasteiger partial charge in [0.2, 0.25) is 5.91 Å². The van der Waals surface area contributed by atoms with E-state index in [9.17, 15) is 14.0 Å². The molecule has 0 heterocycles. The number of rotatable bonds is 5. The van der Waals surface area contributed by atoms with Gasteiger partial charge in [0.05, 0.1) is 5.75 Å². The zero-order valence-electron chi connectivity index (χ0n) is 12.5. The van der Waals surface area contributed by atoms with Crippen LogP contribution in [0, 0.1) is 5.82 Å². The lowest BCUT2D eigenvalue weighted by molar-refractivity contribution is -0.125. The number of halogens is 2. The first-order valence-corrected chi connectivity index (χ1v) is 8.72. The minimum atomic E-state index is -0.456. The predicted molar refractivity (Wildman–Crippen MR) is 96.6 cm³/mol. The number of amides is 2. The molecule has 0 spiro atoms. The molecule has 0 aliphatic rings. The Morgan fingerprint density at radius 3 is 2.50 bits per heavy atom. The van der Waals surface area contributed by atoms with Crippen molar-refractivity contribution in [2.75, 3.05) is 5.75 Å². The van der Waals surface area contributed by atoms with Gasteiger partial charge >= 0.3 is 0 Å². The number of hydrazine groups is 1. The Morgan fingerprint density at radius 1 is 1.08 bits per heavy atom. The van der Waals surface area contributed by atoms with Gasteiger partial charge in [0.1, 0.15) is 5.82 Å². The molecule has 2 aromatic rings. The second-order valence-corrected chi connectivity index (χ2v) is 6.57. The van der Waals surface area contributed by atoms with Crippen LogP contribution >= 0.6 is 27.7 Å². The molecule has 0 unspecified atom stereocenters. The maximum absolute atomic E-state index is 13.4.